The zero-order chi connectivity index (χ0) is 23.0. The van der Waals surface area contributed by atoms with Gasteiger partial charge in [-0.05, 0) is 93.1 Å². The minimum Gasteiger partial charge on any atom is -0.368 e. The van der Waals surface area contributed by atoms with Gasteiger partial charge < -0.3 is 14.6 Å². The molecule has 1 atom stereocenters. The average Bonchev–Trinajstić information content (AvgIpc) is 3.42. The Labute approximate surface area is 205 Å². The molecule has 1 aromatic heterocycles. The Morgan fingerprint density at radius 2 is 1.71 bits per heavy atom. The molecule has 1 aromatic carbocycles. The Bertz CT molecular complexity index is 1020. The summed E-state index contributed by atoms with van der Waals surface area (Å²) in [5, 5.41) is 0. The third-order valence-corrected chi connectivity index (χ3v) is 9.64. The Morgan fingerprint density at radius 1 is 0.941 bits per heavy atom. The number of likely N-dealkylation sites (tertiary alicyclic amines) is 1. The average molecular weight is 455 g/mol. The molecule has 2 aliphatic heterocycles. The lowest BCUT2D eigenvalue weighted by Crippen LogP contribution is -2.54. The molecule has 2 aromatic rings. The Balaban J connectivity index is 1.09. The molecule has 1 unspecified atom stereocenters. The number of hydrogen-bond donors (Lipinski definition) is 0. The maximum Gasteiger partial charge on any atom is 0.269 e. The summed E-state index contributed by atoms with van der Waals surface area (Å²) in [7, 11) is 0. The molecule has 1 saturated carbocycles. The second-order valence-electron chi connectivity index (χ2n) is 11.4. The summed E-state index contributed by atoms with van der Waals surface area (Å²) in [5.41, 5.74) is 5.03. The number of aryl methyl sites for hydroxylation is 1. The van der Waals surface area contributed by atoms with E-state index in [-0.39, 0.29) is 0 Å². The van der Waals surface area contributed by atoms with Crippen LogP contribution >= 0.6 is 0 Å². The predicted molar refractivity (Wildman–Crippen MR) is 138 cm³/mol. The van der Waals surface area contributed by atoms with Gasteiger partial charge >= 0.3 is 0 Å². The number of piperidine rings is 1. The predicted octanol–water partition coefficient (Wildman–Crippen LogP) is 6.25. The van der Waals surface area contributed by atoms with Gasteiger partial charge in [-0.15, -0.1) is 4.98 Å². The van der Waals surface area contributed by atoms with Gasteiger partial charge in [0.2, 0.25) is 0 Å². The fourth-order valence-corrected chi connectivity index (χ4v) is 8.04. The fourth-order valence-electron chi connectivity index (χ4n) is 8.04. The van der Waals surface area contributed by atoms with Crippen molar-refractivity contribution in [3.8, 4) is 0 Å². The molecule has 34 heavy (non-hydrogen) atoms. The minimum atomic E-state index is 0.454. The Hall–Kier alpha value is -2.38. The van der Waals surface area contributed by atoms with Crippen LogP contribution < -0.4 is 4.90 Å². The molecule has 3 fully saturated rings. The highest BCUT2D eigenvalue weighted by Crippen LogP contribution is 2.55. The summed E-state index contributed by atoms with van der Waals surface area (Å²) in [6.07, 6.45) is 14.5. The summed E-state index contributed by atoms with van der Waals surface area (Å²) in [6, 6.07) is 13.4. The lowest BCUT2D eigenvalue weighted by Gasteiger charge is -2.52. The molecule has 0 spiro atoms. The van der Waals surface area contributed by atoms with Gasteiger partial charge in [0.15, 0.2) is 0 Å². The summed E-state index contributed by atoms with van der Waals surface area (Å²) in [4.78, 5) is 12.8. The van der Waals surface area contributed by atoms with Gasteiger partial charge in [0.1, 0.15) is 6.20 Å². The number of benzene rings is 1. The van der Waals surface area contributed by atoms with Crippen molar-refractivity contribution in [2.45, 2.75) is 63.2 Å². The topological polar surface area (TPSA) is 23.7 Å². The molecule has 2 aliphatic carbocycles. The van der Waals surface area contributed by atoms with E-state index in [1.807, 2.05) is 18.3 Å². The van der Waals surface area contributed by atoms with Crippen LogP contribution in [-0.2, 0) is 11.8 Å². The first-order valence-corrected chi connectivity index (χ1v) is 13.7. The quantitative estimate of drug-likeness (QED) is 0.499. The van der Waals surface area contributed by atoms with Crippen LogP contribution in [-0.4, -0.2) is 42.6 Å². The summed E-state index contributed by atoms with van der Waals surface area (Å²) >= 11 is 0. The normalized spacial score (nSPS) is 26.7. The molecule has 4 nitrogen and oxygen atoms in total. The van der Waals surface area contributed by atoms with Crippen molar-refractivity contribution in [3.05, 3.63) is 65.1 Å². The van der Waals surface area contributed by atoms with Crippen LogP contribution in [0.2, 0.25) is 0 Å². The molecule has 4 heteroatoms. The third kappa shape index (κ3) is 3.93. The highest BCUT2D eigenvalue weighted by molar-refractivity contribution is 5.51. The molecule has 4 aliphatic rings. The van der Waals surface area contributed by atoms with E-state index in [2.05, 4.69) is 43.9 Å². The van der Waals surface area contributed by atoms with E-state index < -0.39 is 0 Å². The molecule has 2 saturated heterocycles. The molecule has 0 N–H and O–H groups in total. The van der Waals surface area contributed by atoms with Crippen molar-refractivity contribution in [1.82, 2.24) is 9.88 Å². The van der Waals surface area contributed by atoms with E-state index in [0.717, 1.165) is 36.5 Å². The summed E-state index contributed by atoms with van der Waals surface area (Å²) in [5.74, 6) is 3.02. The first-order valence-electron chi connectivity index (χ1n) is 13.7. The number of hydrogen-bond acceptors (Lipinski definition) is 3. The van der Waals surface area contributed by atoms with Crippen LogP contribution in [0.25, 0.3) is 4.85 Å². The van der Waals surface area contributed by atoms with E-state index in [0.29, 0.717) is 11.2 Å². The lowest BCUT2D eigenvalue weighted by molar-refractivity contribution is 0.0648. The number of fused-ring (bicyclic) bond motifs is 1. The van der Waals surface area contributed by atoms with Gasteiger partial charge in [-0.2, -0.15) is 0 Å². The minimum absolute atomic E-state index is 0.454. The Morgan fingerprint density at radius 3 is 2.44 bits per heavy atom. The first kappa shape index (κ1) is 22.1. The van der Waals surface area contributed by atoms with Crippen LogP contribution in [0.15, 0.2) is 42.6 Å². The third-order valence-electron chi connectivity index (χ3n) is 9.64. The molecular weight excluding hydrogens is 416 g/mol. The zero-order valence-corrected chi connectivity index (χ0v) is 20.5. The summed E-state index contributed by atoms with van der Waals surface area (Å²) < 4.78 is 0. The number of nitrogens with zero attached hydrogens (tertiary/aromatic N) is 4. The van der Waals surface area contributed by atoms with E-state index in [4.69, 9.17) is 6.57 Å². The monoisotopic (exact) mass is 454 g/mol. The van der Waals surface area contributed by atoms with Crippen molar-refractivity contribution in [3.63, 3.8) is 0 Å². The highest BCUT2D eigenvalue weighted by Gasteiger charge is 2.49. The van der Waals surface area contributed by atoms with E-state index in [9.17, 15) is 0 Å². The van der Waals surface area contributed by atoms with Gasteiger partial charge in [0, 0.05) is 31.0 Å². The van der Waals surface area contributed by atoms with Crippen LogP contribution in [0.5, 0.6) is 0 Å². The first-order chi connectivity index (χ1) is 16.8. The molecule has 0 bridgehead atoms. The second-order valence-corrected chi connectivity index (χ2v) is 11.4. The maximum absolute atomic E-state index is 7.08. The summed E-state index contributed by atoms with van der Waals surface area (Å²) in [6.45, 7) is 13.1. The van der Waals surface area contributed by atoms with Crippen LogP contribution in [0, 0.1) is 24.3 Å². The van der Waals surface area contributed by atoms with Crippen LogP contribution in [0.1, 0.15) is 62.5 Å². The molecule has 3 heterocycles. The van der Waals surface area contributed by atoms with E-state index in [1.165, 1.54) is 77.4 Å². The maximum atomic E-state index is 7.08. The van der Waals surface area contributed by atoms with Gasteiger partial charge in [0.05, 0.1) is 5.69 Å². The second kappa shape index (κ2) is 9.34. The number of pyridine rings is 1. The van der Waals surface area contributed by atoms with Gasteiger partial charge in [-0.25, -0.2) is 0 Å². The smallest absolute Gasteiger partial charge is 0.269 e. The van der Waals surface area contributed by atoms with E-state index in [1.54, 1.807) is 11.1 Å². The molecule has 6 rings (SSSR count). The highest BCUT2D eigenvalue weighted by atomic mass is 15.2. The Kier molecular flexibility index (Phi) is 6.08. The fraction of sp³-hybridized carbons (Fsp3) is 0.600. The van der Waals surface area contributed by atoms with Crippen LogP contribution in [0.4, 0.5) is 11.5 Å². The van der Waals surface area contributed by atoms with Gasteiger partial charge in [-0.3, -0.25) is 0 Å². The zero-order valence-electron chi connectivity index (χ0n) is 20.5. The number of rotatable bonds is 5. The SMILES string of the molecule is [C-]#[N+]c1ccc(N2CC(CN3CCC(C4(C5CCCC5)CCCc5ccccc54)CC3)C2)cn1. The number of aromatic nitrogens is 1. The van der Waals surface area contributed by atoms with Gasteiger partial charge in [-0.1, -0.05) is 43.7 Å². The number of anilines is 1. The standard InChI is InChI=1S/C30H38N4/c1-31-29-13-12-27(19-32-29)34-21-23(22-34)20-33-17-14-26(15-18-33)30(25-9-3-4-10-25)16-6-8-24-7-2-5-11-28(24)30/h2,5,7,11-13,19,23,25-26H,3-4,6,8-10,14-18,20-22H2. The molecular formula is C30H38N4. The van der Waals surface area contributed by atoms with Crippen molar-refractivity contribution < 1.29 is 0 Å². The van der Waals surface area contributed by atoms with Crippen molar-refractivity contribution in [2.24, 2.45) is 17.8 Å². The largest absolute Gasteiger partial charge is 0.368 e. The van der Waals surface area contributed by atoms with Crippen molar-refractivity contribution in [1.29, 1.82) is 0 Å². The van der Waals surface area contributed by atoms with Crippen molar-refractivity contribution >= 4 is 11.5 Å². The van der Waals surface area contributed by atoms with Gasteiger partial charge in [0.25, 0.3) is 5.82 Å². The lowest BCUT2D eigenvalue weighted by atomic mass is 9.54. The van der Waals surface area contributed by atoms with Crippen molar-refractivity contribution in [2.75, 3.05) is 37.6 Å². The molecule has 178 valence electrons. The molecule has 0 amide bonds. The van der Waals surface area contributed by atoms with Crippen LogP contribution in [0.3, 0.4) is 0 Å². The molecule has 0 radical (unpaired) electrons. The van der Waals surface area contributed by atoms with E-state index >= 15 is 0 Å².